The molecule has 0 radical (unpaired) electrons. The zero-order chi connectivity index (χ0) is 11.1. The third-order valence-electron chi connectivity index (χ3n) is 1.64. The van der Waals surface area contributed by atoms with Crippen LogP contribution in [-0.4, -0.2) is 27.8 Å². The highest BCUT2D eigenvalue weighted by Gasteiger charge is 2.07. The first-order valence-electron chi connectivity index (χ1n) is 4.83. The zero-order valence-electron chi connectivity index (χ0n) is 8.60. The highest BCUT2D eigenvalue weighted by Crippen LogP contribution is 2.02. The van der Waals surface area contributed by atoms with Crippen molar-refractivity contribution in [2.24, 2.45) is 0 Å². The molecule has 0 atom stereocenters. The lowest BCUT2D eigenvalue weighted by atomic mass is 10.3. The van der Waals surface area contributed by atoms with Crippen molar-refractivity contribution in [3.8, 4) is 0 Å². The van der Waals surface area contributed by atoms with Crippen LogP contribution >= 0.6 is 0 Å². The molecule has 0 amide bonds. The molecule has 0 unspecified atom stereocenters. The average molecular weight is 214 g/mol. The lowest BCUT2D eigenvalue weighted by Crippen LogP contribution is -1.98. The van der Waals surface area contributed by atoms with Gasteiger partial charge in [-0.2, -0.15) is 4.98 Å². The maximum Gasteiger partial charge on any atom is 0.303 e. The molecule has 0 aliphatic carbocycles. The summed E-state index contributed by atoms with van der Waals surface area (Å²) in [6.45, 7) is 2.97. The van der Waals surface area contributed by atoms with Crippen LogP contribution in [0.4, 0.5) is 0 Å². The van der Waals surface area contributed by atoms with E-state index in [1.165, 1.54) is 0 Å². The van der Waals surface area contributed by atoms with E-state index in [0.29, 0.717) is 24.9 Å². The second kappa shape index (κ2) is 6.13. The van der Waals surface area contributed by atoms with Crippen LogP contribution in [0.2, 0.25) is 0 Å². The minimum Gasteiger partial charge on any atom is -0.481 e. The predicted octanol–water partition coefficient (Wildman–Crippen LogP) is 1.01. The normalized spacial score (nSPS) is 10.5. The highest BCUT2D eigenvalue weighted by atomic mass is 16.5. The first kappa shape index (κ1) is 11.6. The first-order chi connectivity index (χ1) is 7.22. The summed E-state index contributed by atoms with van der Waals surface area (Å²) in [7, 11) is 0. The van der Waals surface area contributed by atoms with Gasteiger partial charge in [-0.3, -0.25) is 4.79 Å². The molecular formula is C9H14N2O4. The second-order valence-electron chi connectivity index (χ2n) is 3.05. The summed E-state index contributed by atoms with van der Waals surface area (Å²) in [4.78, 5) is 14.3. The van der Waals surface area contributed by atoms with Gasteiger partial charge in [0.15, 0.2) is 5.82 Å². The third kappa shape index (κ3) is 4.55. The molecular weight excluding hydrogens is 200 g/mol. The third-order valence-corrected chi connectivity index (χ3v) is 1.64. The van der Waals surface area contributed by atoms with E-state index in [2.05, 4.69) is 10.1 Å². The van der Waals surface area contributed by atoms with Crippen LogP contribution in [0.25, 0.3) is 0 Å². The van der Waals surface area contributed by atoms with E-state index in [1.807, 2.05) is 6.92 Å². The van der Waals surface area contributed by atoms with Crippen molar-refractivity contribution in [1.82, 2.24) is 10.1 Å². The van der Waals surface area contributed by atoms with Crippen LogP contribution in [0.1, 0.15) is 31.5 Å². The number of ether oxygens (including phenoxy) is 1. The smallest absolute Gasteiger partial charge is 0.303 e. The van der Waals surface area contributed by atoms with Crippen molar-refractivity contribution in [2.75, 3.05) is 6.61 Å². The lowest BCUT2D eigenvalue weighted by Gasteiger charge is -1.95. The van der Waals surface area contributed by atoms with E-state index in [9.17, 15) is 4.79 Å². The largest absolute Gasteiger partial charge is 0.481 e. The number of carboxylic acids is 1. The quantitative estimate of drug-likeness (QED) is 0.682. The molecule has 0 aliphatic heterocycles. The number of aryl methyl sites for hydroxylation is 1. The highest BCUT2D eigenvalue weighted by molar-refractivity contribution is 5.66. The van der Waals surface area contributed by atoms with Gasteiger partial charge in [0.1, 0.15) is 6.61 Å². The van der Waals surface area contributed by atoms with E-state index >= 15 is 0 Å². The number of hydrogen-bond donors (Lipinski definition) is 1. The first-order valence-corrected chi connectivity index (χ1v) is 4.83. The molecule has 0 bridgehead atoms. The Balaban J connectivity index is 2.32. The predicted molar refractivity (Wildman–Crippen MR) is 50.2 cm³/mol. The number of rotatable bonds is 7. The van der Waals surface area contributed by atoms with E-state index in [4.69, 9.17) is 14.4 Å². The summed E-state index contributed by atoms with van der Waals surface area (Å²) in [5, 5.41) is 12.1. The Kier molecular flexibility index (Phi) is 4.76. The number of carbonyl (C=O) groups is 1. The Bertz CT molecular complexity index is 311. The molecule has 0 saturated heterocycles. The molecule has 1 N–H and O–H groups in total. The molecule has 0 spiro atoms. The molecule has 0 fully saturated rings. The Morgan fingerprint density at radius 3 is 3.07 bits per heavy atom. The van der Waals surface area contributed by atoms with Crippen molar-refractivity contribution < 1.29 is 19.2 Å². The van der Waals surface area contributed by atoms with Crippen LogP contribution in [0.3, 0.4) is 0 Å². The number of aromatic nitrogens is 2. The molecule has 1 aromatic heterocycles. The van der Waals surface area contributed by atoms with Crippen molar-refractivity contribution >= 4 is 5.97 Å². The van der Waals surface area contributed by atoms with Crippen molar-refractivity contribution in [3.63, 3.8) is 0 Å². The molecule has 1 heterocycles. The van der Waals surface area contributed by atoms with Gasteiger partial charge in [-0.15, -0.1) is 0 Å². The van der Waals surface area contributed by atoms with Gasteiger partial charge in [0, 0.05) is 13.0 Å². The molecule has 15 heavy (non-hydrogen) atoms. The van der Waals surface area contributed by atoms with Crippen LogP contribution in [0.15, 0.2) is 4.52 Å². The topological polar surface area (TPSA) is 85.5 Å². The maximum absolute atomic E-state index is 10.3. The minimum atomic E-state index is -0.878. The SMILES string of the molecule is CCCOCc1noc(CCC(=O)O)n1. The fourth-order valence-corrected chi connectivity index (χ4v) is 0.972. The second-order valence-corrected chi connectivity index (χ2v) is 3.05. The molecule has 0 saturated carbocycles. The zero-order valence-corrected chi connectivity index (χ0v) is 8.60. The van der Waals surface area contributed by atoms with Gasteiger partial charge in [-0.1, -0.05) is 12.1 Å². The molecule has 1 aromatic rings. The Morgan fingerprint density at radius 1 is 1.60 bits per heavy atom. The van der Waals surface area contributed by atoms with Crippen molar-refractivity contribution in [1.29, 1.82) is 0 Å². The molecule has 84 valence electrons. The van der Waals surface area contributed by atoms with Gasteiger partial charge >= 0.3 is 5.97 Å². The average Bonchev–Trinajstić information content (AvgIpc) is 2.63. The molecule has 0 aromatic carbocycles. The van der Waals surface area contributed by atoms with Crippen molar-refractivity contribution in [3.05, 3.63) is 11.7 Å². The van der Waals surface area contributed by atoms with E-state index in [0.717, 1.165) is 6.42 Å². The number of hydrogen-bond acceptors (Lipinski definition) is 5. The van der Waals surface area contributed by atoms with Gasteiger partial charge in [-0.25, -0.2) is 0 Å². The Morgan fingerprint density at radius 2 is 2.40 bits per heavy atom. The number of carboxylic acid groups (broad SMARTS) is 1. The van der Waals surface area contributed by atoms with Crippen molar-refractivity contribution in [2.45, 2.75) is 32.8 Å². The Hall–Kier alpha value is -1.43. The molecule has 0 aliphatic rings. The number of nitrogens with zero attached hydrogens (tertiary/aromatic N) is 2. The van der Waals surface area contributed by atoms with E-state index < -0.39 is 5.97 Å². The summed E-state index contributed by atoms with van der Waals surface area (Å²) in [5.41, 5.74) is 0. The van der Waals surface area contributed by atoms with Gasteiger partial charge in [0.05, 0.1) is 6.42 Å². The summed E-state index contributed by atoms with van der Waals surface area (Å²) < 4.78 is 10.0. The standard InChI is InChI=1S/C9H14N2O4/c1-2-5-14-6-7-10-8(15-11-7)3-4-9(12)13/h2-6H2,1H3,(H,12,13). The maximum atomic E-state index is 10.3. The fraction of sp³-hybridized carbons (Fsp3) is 0.667. The van der Waals surface area contributed by atoms with E-state index in [1.54, 1.807) is 0 Å². The van der Waals surface area contributed by atoms with Gasteiger partial charge in [0.25, 0.3) is 0 Å². The summed E-state index contributed by atoms with van der Waals surface area (Å²) in [5.74, 6) is -0.0756. The van der Waals surface area contributed by atoms with Crippen LogP contribution in [0, 0.1) is 0 Å². The minimum absolute atomic E-state index is 0.00253. The van der Waals surface area contributed by atoms with Crippen LogP contribution in [-0.2, 0) is 22.6 Å². The molecule has 6 heteroatoms. The van der Waals surface area contributed by atoms with Gasteiger partial charge in [-0.05, 0) is 6.42 Å². The summed E-state index contributed by atoms with van der Waals surface area (Å²) in [6, 6.07) is 0. The summed E-state index contributed by atoms with van der Waals surface area (Å²) in [6.07, 6.45) is 1.19. The summed E-state index contributed by atoms with van der Waals surface area (Å²) >= 11 is 0. The van der Waals surface area contributed by atoms with Gasteiger partial charge < -0.3 is 14.4 Å². The fourth-order valence-electron chi connectivity index (χ4n) is 0.972. The monoisotopic (exact) mass is 214 g/mol. The number of aliphatic carboxylic acids is 1. The lowest BCUT2D eigenvalue weighted by molar-refractivity contribution is -0.137. The van der Waals surface area contributed by atoms with Crippen LogP contribution < -0.4 is 0 Å². The molecule has 6 nitrogen and oxygen atoms in total. The van der Waals surface area contributed by atoms with Gasteiger partial charge in [0.2, 0.25) is 5.89 Å². The Labute approximate surface area is 87.2 Å². The van der Waals surface area contributed by atoms with E-state index in [-0.39, 0.29) is 12.8 Å². The van der Waals surface area contributed by atoms with Crippen LogP contribution in [0.5, 0.6) is 0 Å². The molecule has 1 rings (SSSR count).